The molecule has 0 atom stereocenters. The molecule has 0 bridgehead atoms. The normalized spacial score (nSPS) is 17.1. The minimum absolute atomic E-state index is 0.0393. The Bertz CT molecular complexity index is 717. The fourth-order valence-electron chi connectivity index (χ4n) is 2.78. The van der Waals surface area contributed by atoms with Crippen LogP contribution in [0.5, 0.6) is 0 Å². The number of hydrogen-bond acceptors (Lipinski definition) is 4. The van der Waals surface area contributed by atoms with Crippen molar-refractivity contribution in [2.24, 2.45) is 11.7 Å². The Morgan fingerprint density at radius 1 is 1.29 bits per heavy atom. The Kier molecular flexibility index (Phi) is 3.70. The summed E-state index contributed by atoms with van der Waals surface area (Å²) in [6, 6.07) is 7.44. The first kappa shape index (κ1) is 13.8. The van der Waals surface area contributed by atoms with E-state index in [1.54, 1.807) is 6.20 Å². The van der Waals surface area contributed by atoms with Gasteiger partial charge in [-0.15, -0.1) is 0 Å². The second-order valence-corrected chi connectivity index (χ2v) is 5.47. The average Bonchev–Trinajstić information content (AvgIpc) is 2.51. The van der Waals surface area contributed by atoms with E-state index in [4.69, 9.17) is 5.73 Å². The standard InChI is InChI=1S/C15H18N4O2/c16-14(20)11-5-7-18(8-6-11)10-19-15(21)13-4-2-1-3-12(13)9-17-19/h1-4,9,11H,5-8,10H2,(H2,16,20). The SMILES string of the molecule is NC(=O)C1CCN(Cn2ncc3ccccc3c2=O)CC1. The average molecular weight is 286 g/mol. The topological polar surface area (TPSA) is 81.2 Å². The predicted octanol–water partition coefficient (Wildman–Crippen LogP) is 0.551. The van der Waals surface area contributed by atoms with Gasteiger partial charge in [0.25, 0.3) is 5.56 Å². The fraction of sp³-hybridized carbons (Fsp3) is 0.400. The number of nitrogens with two attached hydrogens (primary N) is 1. The van der Waals surface area contributed by atoms with Gasteiger partial charge in [0.1, 0.15) is 0 Å². The van der Waals surface area contributed by atoms with Crippen molar-refractivity contribution in [3.63, 3.8) is 0 Å². The van der Waals surface area contributed by atoms with Gasteiger partial charge in [0.05, 0.1) is 18.3 Å². The number of nitrogens with zero attached hydrogens (tertiary/aromatic N) is 3. The second-order valence-electron chi connectivity index (χ2n) is 5.47. The maximum atomic E-state index is 12.4. The molecule has 3 rings (SSSR count). The third-order valence-corrected chi connectivity index (χ3v) is 4.09. The van der Waals surface area contributed by atoms with Crippen LogP contribution in [0.4, 0.5) is 0 Å². The summed E-state index contributed by atoms with van der Waals surface area (Å²) >= 11 is 0. The number of rotatable bonds is 3. The molecule has 6 heteroatoms. The molecule has 0 spiro atoms. The Balaban J connectivity index is 1.76. The summed E-state index contributed by atoms with van der Waals surface area (Å²) in [6.07, 6.45) is 3.21. The lowest BCUT2D eigenvalue weighted by molar-refractivity contribution is -0.123. The molecule has 1 aliphatic heterocycles. The van der Waals surface area contributed by atoms with Crippen LogP contribution in [0.15, 0.2) is 35.3 Å². The summed E-state index contributed by atoms with van der Waals surface area (Å²) in [6.45, 7) is 1.97. The zero-order valence-corrected chi connectivity index (χ0v) is 11.7. The smallest absolute Gasteiger partial charge is 0.275 e. The van der Waals surface area contributed by atoms with Gasteiger partial charge < -0.3 is 5.73 Å². The molecule has 0 unspecified atom stereocenters. The van der Waals surface area contributed by atoms with Gasteiger partial charge in [-0.2, -0.15) is 5.10 Å². The maximum Gasteiger partial charge on any atom is 0.275 e. The molecule has 6 nitrogen and oxygen atoms in total. The number of primary amides is 1. The van der Waals surface area contributed by atoms with E-state index >= 15 is 0 Å². The van der Waals surface area contributed by atoms with Crippen LogP contribution in [-0.4, -0.2) is 33.7 Å². The highest BCUT2D eigenvalue weighted by atomic mass is 16.1. The molecule has 0 radical (unpaired) electrons. The fourth-order valence-corrected chi connectivity index (χ4v) is 2.78. The second kappa shape index (κ2) is 5.65. The third kappa shape index (κ3) is 2.80. The van der Waals surface area contributed by atoms with Crippen LogP contribution in [0.3, 0.4) is 0 Å². The number of aromatic nitrogens is 2. The number of piperidine rings is 1. The van der Waals surface area contributed by atoms with Crippen molar-refractivity contribution < 1.29 is 4.79 Å². The summed E-state index contributed by atoms with van der Waals surface area (Å²) in [5, 5.41) is 5.76. The Hall–Kier alpha value is -2.21. The molecule has 0 saturated carbocycles. The highest BCUT2D eigenvalue weighted by Crippen LogP contribution is 2.16. The maximum absolute atomic E-state index is 12.4. The monoisotopic (exact) mass is 286 g/mol. The highest BCUT2D eigenvalue weighted by molar-refractivity contribution is 5.80. The summed E-state index contributed by atoms with van der Waals surface area (Å²) in [7, 11) is 0. The molecule has 2 aromatic rings. The quantitative estimate of drug-likeness (QED) is 0.893. The van der Waals surface area contributed by atoms with E-state index in [0.717, 1.165) is 31.3 Å². The van der Waals surface area contributed by atoms with Crippen LogP contribution in [0.2, 0.25) is 0 Å². The van der Waals surface area contributed by atoms with Crippen LogP contribution in [0, 0.1) is 5.92 Å². The highest BCUT2D eigenvalue weighted by Gasteiger charge is 2.23. The Morgan fingerprint density at radius 2 is 2.00 bits per heavy atom. The summed E-state index contributed by atoms with van der Waals surface area (Å²) in [5.74, 6) is -0.266. The van der Waals surface area contributed by atoms with E-state index in [2.05, 4.69) is 10.00 Å². The zero-order valence-electron chi connectivity index (χ0n) is 11.7. The Labute approximate surface area is 122 Å². The lowest BCUT2D eigenvalue weighted by atomic mass is 9.97. The van der Waals surface area contributed by atoms with Crippen molar-refractivity contribution in [1.29, 1.82) is 0 Å². The zero-order chi connectivity index (χ0) is 14.8. The van der Waals surface area contributed by atoms with Gasteiger partial charge in [0, 0.05) is 24.4 Å². The lowest BCUT2D eigenvalue weighted by Crippen LogP contribution is -2.41. The molecule has 1 amide bonds. The number of likely N-dealkylation sites (tertiary alicyclic amines) is 1. The molecular weight excluding hydrogens is 268 g/mol. The van der Waals surface area contributed by atoms with Crippen LogP contribution >= 0.6 is 0 Å². The van der Waals surface area contributed by atoms with E-state index in [1.807, 2.05) is 24.3 Å². The first-order valence-electron chi connectivity index (χ1n) is 7.11. The molecule has 1 saturated heterocycles. The van der Waals surface area contributed by atoms with Crippen LogP contribution in [-0.2, 0) is 11.5 Å². The minimum Gasteiger partial charge on any atom is -0.369 e. The number of amides is 1. The van der Waals surface area contributed by atoms with E-state index in [0.29, 0.717) is 12.1 Å². The van der Waals surface area contributed by atoms with Crippen molar-refractivity contribution >= 4 is 16.7 Å². The third-order valence-electron chi connectivity index (χ3n) is 4.09. The van der Waals surface area contributed by atoms with E-state index in [-0.39, 0.29) is 17.4 Å². The van der Waals surface area contributed by atoms with Crippen molar-refractivity contribution in [2.75, 3.05) is 13.1 Å². The van der Waals surface area contributed by atoms with E-state index in [9.17, 15) is 9.59 Å². The first-order chi connectivity index (χ1) is 10.1. The molecule has 1 aromatic carbocycles. The van der Waals surface area contributed by atoms with Crippen LogP contribution in [0.1, 0.15) is 12.8 Å². The first-order valence-corrected chi connectivity index (χ1v) is 7.11. The van der Waals surface area contributed by atoms with Crippen molar-refractivity contribution in [2.45, 2.75) is 19.5 Å². The summed E-state index contributed by atoms with van der Waals surface area (Å²) < 4.78 is 1.48. The molecule has 1 aliphatic rings. The van der Waals surface area contributed by atoms with Crippen LogP contribution in [0.25, 0.3) is 10.8 Å². The van der Waals surface area contributed by atoms with Crippen molar-refractivity contribution in [1.82, 2.24) is 14.7 Å². The molecule has 2 heterocycles. The summed E-state index contributed by atoms with van der Waals surface area (Å²) in [5.41, 5.74) is 5.25. The molecule has 0 aliphatic carbocycles. The van der Waals surface area contributed by atoms with E-state index in [1.165, 1.54) is 4.68 Å². The largest absolute Gasteiger partial charge is 0.369 e. The van der Waals surface area contributed by atoms with Gasteiger partial charge in [0.2, 0.25) is 5.91 Å². The minimum atomic E-state index is -0.226. The van der Waals surface area contributed by atoms with Gasteiger partial charge in [0.15, 0.2) is 0 Å². The molecule has 2 N–H and O–H groups in total. The Morgan fingerprint density at radius 3 is 2.71 bits per heavy atom. The van der Waals surface area contributed by atoms with Gasteiger partial charge in [-0.25, -0.2) is 4.68 Å². The molecule has 1 fully saturated rings. The lowest BCUT2D eigenvalue weighted by Gasteiger charge is -2.30. The van der Waals surface area contributed by atoms with Crippen molar-refractivity contribution in [3.8, 4) is 0 Å². The van der Waals surface area contributed by atoms with Gasteiger partial charge in [-0.05, 0) is 18.9 Å². The molecule has 110 valence electrons. The number of fused-ring (bicyclic) bond motifs is 1. The van der Waals surface area contributed by atoms with Crippen LogP contribution < -0.4 is 11.3 Å². The summed E-state index contributed by atoms with van der Waals surface area (Å²) in [4.78, 5) is 25.7. The molecule has 21 heavy (non-hydrogen) atoms. The number of carbonyl (C=O) groups is 1. The van der Waals surface area contributed by atoms with Gasteiger partial charge in [-0.3, -0.25) is 14.5 Å². The van der Waals surface area contributed by atoms with Crippen molar-refractivity contribution in [3.05, 3.63) is 40.8 Å². The molecule has 1 aromatic heterocycles. The predicted molar refractivity (Wildman–Crippen MR) is 79.5 cm³/mol. The van der Waals surface area contributed by atoms with Gasteiger partial charge >= 0.3 is 0 Å². The number of benzene rings is 1. The molecular formula is C15H18N4O2. The van der Waals surface area contributed by atoms with Gasteiger partial charge in [-0.1, -0.05) is 18.2 Å². The number of hydrogen-bond donors (Lipinski definition) is 1. The van der Waals surface area contributed by atoms with E-state index < -0.39 is 0 Å². The number of carbonyl (C=O) groups excluding carboxylic acids is 1.